The van der Waals surface area contributed by atoms with Crippen molar-refractivity contribution in [3.05, 3.63) is 51.9 Å². The standard InChI is InChI=1S/C19H24ClN3O2/c1-12-17(13(2)25-23-12)18(24)22-16-6-8-19(11-21,9-7-16)14-4-3-5-15(20)10-14/h3-5,10,16H,6-9,11,21H2,1-2H3,(H,22,24)/t16-,19-. The molecule has 1 aromatic carbocycles. The molecule has 1 heterocycles. The van der Waals surface area contributed by atoms with Crippen molar-refractivity contribution < 1.29 is 9.32 Å². The molecule has 0 radical (unpaired) electrons. The second-order valence-corrected chi connectivity index (χ2v) is 7.38. The third-order valence-electron chi connectivity index (χ3n) is 5.37. The van der Waals surface area contributed by atoms with Crippen LogP contribution in [0.4, 0.5) is 0 Å². The van der Waals surface area contributed by atoms with Crippen molar-refractivity contribution >= 4 is 17.5 Å². The fourth-order valence-electron chi connectivity index (χ4n) is 3.81. The molecular weight excluding hydrogens is 338 g/mol. The number of carbonyl (C=O) groups excluding carboxylic acids is 1. The lowest BCUT2D eigenvalue weighted by Gasteiger charge is -2.40. The number of aryl methyl sites for hydroxylation is 2. The molecule has 1 aliphatic rings. The first-order chi connectivity index (χ1) is 11.9. The van der Waals surface area contributed by atoms with Crippen molar-refractivity contribution in [3.63, 3.8) is 0 Å². The highest BCUT2D eigenvalue weighted by Crippen LogP contribution is 2.39. The average molecular weight is 362 g/mol. The van der Waals surface area contributed by atoms with Gasteiger partial charge in [0.15, 0.2) is 0 Å². The highest BCUT2D eigenvalue weighted by molar-refractivity contribution is 6.30. The molecule has 0 spiro atoms. The zero-order valence-corrected chi connectivity index (χ0v) is 15.4. The molecule has 25 heavy (non-hydrogen) atoms. The minimum absolute atomic E-state index is 0.0604. The van der Waals surface area contributed by atoms with Crippen LogP contribution >= 0.6 is 11.6 Å². The van der Waals surface area contributed by atoms with Gasteiger partial charge in [-0.15, -0.1) is 0 Å². The Bertz CT molecular complexity index is 744. The van der Waals surface area contributed by atoms with E-state index < -0.39 is 0 Å². The Hall–Kier alpha value is -1.85. The second-order valence-electron chi connectivity index (χ2n) is 6.94. The summed E-state index contributed by atoms with van der Waals surface area (Å²) in [4.78, 5) is 12.5. The minimum atomic E-state index is -0.107. The summed E-state index contributed by atoms with van der Waals surface area (Å²) in [6.45, 7) is 4.12. The van der Waals surface area contributed by atoms with Gasteiger partial charge in [-0.2, -0.15) is 0 Å². The first-order valence-electron chi connectivity index (χ1n) is 8.65. The Morgan fingerprint density at radius 3 is 2.68 bits per heavy atom. The van der Waals surface area contributed by atoms with Gasteiger partial charge in [0.05, 0.1) is 5.69 Å². The van der Waals surface area contributed by atoms with E-state index in [0.717, 1.165) is 30.7 Å². The molecule has 1 amide bonds. The SMILES string of the molecule is Cc1noc(C)c1C(=O)N[C@H]1CC[C@](CN)(c2cccc(Cl)c2)CC1. The Labute approximate surface area is 152 Å². The number of hydrogen-bond donors (Lipinski definition) is 2. The molecule has 3 rings (SSSR count). The number of rotatable bonds is 4. The summed E-state index contributed by atoms with van der Waals surface area (Å²) in [6.07, 6.45) is 3.63. The van der Waals surface area contributed by atoms with Gasteiger partial charge >= 0.3 is 0 Å². The normalized spacial score (nSPS) is 23.4. The van der Waals surface area contributed by atoms with Gasteiger partial charge in [0.1, 0.15) is 11.3 Å². The quantitative estimate of drug-likeness (QED) is 0.873. The van der Waals surface area contributed by atoms with E-state index in [-0.39, 0.29) is 17.4 Å². The van der Waals surface area contributed by atoms with Crippen LogP contribution in [0.5, 0.6) is 0 Å². The van der Waals surface area contributed by atoms with Crippen molar-refractivity contribution in [2.24, 2.45) is 5.73 Å². The molecule has 0 saturated heterocycles. The van der Waals surface area contributed by atoms with E-state index in [1.807, 2.05) is 18.2 Å². The predicted molar refractivity (Wildman–Crippen MR) is 97.9 cm³/mol. The third kappa shape index (κ3) is 3.58. The number of hydrogen-bond acceptors (Lipinski definition) is 4. The Balaban J connectivity index is 1.68. The van der Waals surface area contributed by atoms with E-state index in [1.54, 1.807) is 13.8 Å². The summed E-state index contributed by atoms with van der Waals surface area (Å²) in [5.41, 5.74) is 8.44. The van der Waals surface area contributed by atoms with Gasteiger partial charge in [0, 0.05) is 23.0 Å². The van der Waals surface area contributed by atoms with E-state index in [0.29, 0.717) is 23.6 Å². The van der Waals surface area contributed by atoms with Gasteiger partial charge in [-0.1, -0.05) is 28.9 Å². The zero-order valence-electron chi connectivity index (χ0n) is 14.6. The number of aromatic nitrogens is 1. The fourth-order valence-corrected chi connectivity index (χ4v) is 4.00. The van der Waals surface area contributed by atoms with Crippen LogP contribution in [0.1, 0.15) is 53.1 Å². The maximum atomic E-state index is 12.5. The summed E-state index contributed by atoms with van der Waals surface area (Å²) in [6, 6.07) is 8.10. The third-order valence-corrected chi connectivity index (χ3v) is 5.60. The van der Waals surface area contributed by atoms with E-state index in [2.05, 4.69) is 16.5 Å². The summed E-state index contributed by atoms with van der Waals surface area (Å²) >= 11 is 6.15. The van der Waals surface area contributed by atoms with Gasteiger partial charge in [-0.05, 0) is 57.2 Å². The molecular formula is C19H24ClN3O2. The Kier molecular flexibility index (Phi) is 5.16. The van der Waals surface area contributed by atoms with E-state index >= 15 is 0 Å². The molecule has 0 atom stereocenters. The van der Waals surface area contributed by atoms with E-state index in [4.69, 9.17) is 21.9 Å². The number of nitrogens with zero attached hydrogens (tertiary/aromatic N) is 1. The summed E-state index contributed by atoms with van der Waals surface area (Å²) < 4.78 is 5.09. The number of benzene rings is 1. The molecule has 0 bridgehead atoms. The lowest BCUT2D eigenvalue weighted by atomic mass is 9.68. The topological polar surface area (TPSA) is 81.2 Å². The van der Waals surface area contributed by atoms with Crippen LogP contribution in [-0.2, 0) is 5.41 Å². The first kappa shape index (κ1) is 18.0. The number of carbonyl (C=O) groups is 1. The highest BCUT2D eigenvalue weighted by Gasteiger charge is 2.36. The largest absolute Gasteiger partial charge is 0.361 e. The van der Waals surface area contributed by atoms with E-state index in [9.17, 15) is 4.79 Å². The number of nitrogens with one attached hydrogen (secondary N) is 1. The molecule has 134 valence electrons. The second kappa shape index (κ2) is 7.18. The van der Waals surface area contributed by atoms with Crippen LogP contribution in [0.15, 0.2) is 28.8 Å². The molecule has 1 aliphatic carbocycles. The number of nitrogens with two attached hydrogens (primary N) is 1. The molecule has 3 N–H and O–H groups in total. The molecule has 2 aromatic rings. The monoisotopic (exact) mass is 361 g/mol. The number of amides is 1. The summed E-state index contributed by atoms with van der Waals surface area (Å²) in [7, 11) is 0. The van der Waals surface area contributed by atoms with Gasteiger partial charge in [-0.3, -0.25) is 4.79 Å². The van der Waals surface area contributed by atoms with Crippen LogP contribution in [0.25, 0.3) is 0 Å². The zero-order chi connectivity index (χ0) is 18.0. The maximum Gasteiger partial charge on any atom is 0.257 e. The van der Waals surface area contributed by atoms with Gasteiger partial charge in [0.25, 0.3) is 5.91 Å². The fraction of sp³-hybridized carbons (Fsp3) is 0.474. The van der Waals surface area contributed by atoms with Crippen molar-refractivity contribution in [2.75, 3.05) is 6.54 Å². The van der Waals surface area contributed by atoms with Crippen LogP contribution in [0.3, 0.4) is 0 Å². The smallest absolute Gasteiger partial charge is 0.257 e. The maximum absolute atomic E-state index is 12.5. The molecule has 1 fully saturated rings. The van der Waals surface area contributed by atoms with Crippen LogP contribution in [0, 0.1) is 13.8 Å². The lowest BCUT2D eigenvalue weighted by Crippen LogP contribution is -2.45. The molecule has 0 unspecified atom stereocenters. The Morgan fingerprint density at radius 1 is 1.40 bits per heavy atom. The molecule has 6 heteroatoms. The van der Waals surface area contributed by atoms with Crippen LogP contribution in [0.2, 0.25) is 5.02 Å². The lowest BCUT2D eigenvalue weighted by molar-refractivity contribution is 0.0916. The minimum Gasteiger partial charge on any atom is -0.361 e. The van der Waals surface area contributed by atoms with Crippen molar-refractivity contribution in [3.8, 4) is 0 Å². The first-order valence-corrected chi connectivity index (χ1v) is 9.03. The van der Waals surface area contributed by atoms with Gasteiger partial charge in [0.2, 0.25) is 0 Å². The summed E-state index contributed by atoms with van der Waals surface area (Å²) in [5, 5.41) is 7.71. The van der Waals surface area contributed by atoms with Crippen LogP contribution in [-0.4, -0.2) is 23.7 Å². The summed E-state index contributed by atoms with van der Waals surface area (Å²) in [5.74, 6) is 0.449. The molecule has 5 nitrogen and oxygen atoms in total. The van der Waals surface area contributed by atoms with Gasteiger partial charge < -0.3 is 15.6 Å². The van der Waals surface area contributed by atoms with Gasteiger partial charge in [-0.25, -0.2) is 0 Å². The van der Waals surface area contributed by atoms with Crippen molar-refractivity contribution in [1.29, 1.82) is 0 Å². The average Bonchev–Trinajstić information content (AvgIpc) is 2.94. The van der Waals surface area contributed by atoms with Crippen molar-refractivity contribution in [2.45, 2.75) is 51.0 Å². The van der Waals surface area contributed by atoms with Crippen molar-refractivity contribution in [1.82, 2.24) is 10.5 Å². The molecule has 1 aromatic heterocycles. The van der Waals surface area contributed by atoms with Crippen LogP contribution < -0.4 is 11.1 Å². The molecule has 0 aliphatic heterocycles. The predicted octanol–water partition coefficient (Wildman–Crippen LogP) is 3.51. The Morgan fingerprint density at radius 2 is 2.12 bits per heavy atom. The number of halogens is 1. The van der Waals surface area contributed by atoms with E-state index in [1.165, 1.54) is 5.56 Å². The highest BCUT2D eigenvalue weighted by atomic mass is 35.5. The molecule has 1 saturated carbocycles.